The van der Waals surface area contributed by atoms with Gasteiger partial charge in [-0.15, -0.1) is 0 Å². The monoisotopic (exact) mass is 619 g/mol. The number of phenols is 1. The van der Waals surface area contributed by atoms with Crippen molar-refractivity contribution < 1.29 is 49.3 Å². The number of benzene rings is 3. The number of fused-ring (bicyclic) bond motifs is 6. The van der Waals surface area contributed by atoms with Crippen molar-refractivity contribution in [3.05, 3.63) is 64.2 Å². The fourth-order valence-electron chi connectivity index (χ4n) is 7.87. The number of nitrogens with zero attached hydrogens (tertiary/aromatic N) is 1. The molecule has 5 N–H and O–H groups in total. The lowest BCUT2D eigenvalue weighted by atomic mass is 9.72. The van der Waals surface area contributed by atoms with Gasteiger partial charge in [0, 0.05) is 18.2 Å². The van der Waals surface area contributed by atoms with E-state index in [0.717, 1.165) is 42.4 Å². The Bertz CT molecular complexity index is 1670. The second-order valence-electron chi connectivity index (χ2n) is 12.6. The molecule has 2 heterocycles. The number of ether oxygens (including phenoxy) is 3. The number of rotatable bonds is 7. The molecular formula is C34H37NO10. The predicted octanol–water partition coefficient (Wildman–Crippen LogP) is 2.40. The first-order valence-electron chi connectivity index (χ1n) is 15.5. The summed E-state index contributed by atoms with van der Waals surface area (Å²) in [5.41, 5.74) is 3.30. The van der Waals surface area contributed by atoms with E-state index in [9.17, 15) is 35.1 Å². The average molecular weight is 620 g/mol. The van der Waals surface area contributed by atoms with Crippen LogP contribution < -0.4 is 9.47 Å². The number of amides is 1. The second kappa shape index (κ2) is 11.6. The number of ketones is 1. The summed E-state index contributed by atoms with van der Waals surface area (Å²) in [5.74, 6) is -0.0210. The number of carbonyl (C=O) groups is 2. The molecule has 0 aromatic heterocycles. The minimum atomic E-state index is -1.69. The van der Waals surface area contributed by atoms with E-state index < -0.39 is 37.3 Å². The van der Waals surface area contributed by atoms with Crippen LogP contribution in [-0.2, 0) is 17.7 Å². The maximum absolute atomic E-state index is 14.3. The fourth-order valence-corrected chi connectivity index (χ4v) is 7.87. The molecule has 0 radical (unpaired) electrons. The number of carbonyl (C=O) groups excluding carboxylic acids is 2. The molecule has 1 saturated carbocycles. The van der Waals surface area contributed by atoms with Crippen LogP contribution in [0, 0.1) is 5.92 Å². The molecule has 45 heavy (non-hydrogen) atoms. The molecule has 7 unspecified atom stereocenters. The fraction of sp³-hybridized carbons (Fsp3) is 0.471. The van der Waals surface area contributed by atoms with Gasteiger partial charge in [-0.3, -0.25) is 9.59 Å². The van der Waals surface area contributed by atoms with Crippen LogP contribution in [0.2, 0.25) is 0 Å². The maximum Gasteiger partial charge on any atom is 0.254 e. The number of hydrogen-bond donors (Lipinski definition) is 5. The summed E-state index contributed by atoms with van der Waals surface area (Å²) in [7, 11) is 1.49. The molecule has 7 rings (SSSR count). The van der Waals surface area contributed by atoms with E-state index in [1.54, 1.807) is 18.2 Å². The van der Waals surface area contributed by atoms with Crippen LogP contribution in [0.15, 0.2) is 36.4 Å². The lowest BCUT2D eigenvalue weighted by molar-refractivity contribution is -0.277. The van der Waals surface area contributed by atoms with Crippen molar-refractivity contribution in [1.82, 2.24) is 4.90 Å². The number of Topliss-reactive ketones (excluding diaryl/α,β-unsaturated/α-hetero) is 1. The highest BCUT2D eigenvalue weighted by Gasteiger charge is 2.46. The Kier molecular flexibility index (Phi) is 7.69. The van der Waals surface area contributed by atoms with Crippen molar-refractivity contribution in [2.75, 3.05) is 20.3 Å². The largest absolute Gasteiger partial charge is 0.506 e. The molecule has 4 aliphatic rings. The first kappa shape index (κ1) is 29.9. The Labute approximate surface area is 259 Å². The number of aryl methyl sites for hydroxylation is 1. The first-order chi connectivity index (χ1) is 21.7. The van der Waals surface area contributed by atoms with Crippen molar-refractivity contribution in [2.24, 2.45) is 5.92 Å². The third kappa shape index (κ3) is 4.85. The lowest BCUT2D eigenvalue weighted by Gasteiger charge is -2.39. The number of aliphatic hydroxyl groups excluding tert-OH is 4. The van der Waals surface area contributed by atoms with Crippen LogP contribution in [0.4, 0.5) is 0 Å². The molecule has 1 saturated heterocycles. The quantitative estimate of drug-likeness (QED) is 0.248. The summed E-state index contributed by atoms with van der Waals surface area (Å²) in [4.78, 5) is 29.0. The van der Waals surface area contributed by atoms with E-state index in [1.807, 2.05) is 12.1 Å². The highest BCUT2D eigenvalue weighted by atomic mass is 16.7. The molecule has 238 valence electrons. The molecule has 1 amide bonds. The van der Waals surface area contributed by atoms with Crippen LogP contribution in [0.3, 0.4) is 0 Å². The average Bonchev–Trinajstić information content (AvgIpc) is 3.65. The predicted molar refractivity (Wildman–Crippen MR) is 160 cm³/mol. The topological polar surface area (TPSA) is 166 Å². The highest BCUT2D eigenvalue weighted by Crippen LogP contribution is 2.54. The SMILES string of the molecule is COc1cc(OC2OC(CO)C(O)C(O)C2O)c2c(O)c(C(=O)CN3Cc4ccccc4C3=O)c3c(c2c1)CCC1CCCC31. The first-order valence-corrected chi connectivity index (χ1v) is 15.5. The van der Waals surface area contributed by atoms with E-state index in [1.165, 1.54) is 18.1 Å². The van der Waals surface area contributed by atoms with Crippen molar-refractivity contribution in [2.45, 2.75) is 75.3 Å². The van der Waals surface area contributed by atoms with Crippen LogP contribution in [0.5, 0.6) is 17.2 Å². The van der Waals surface area contributed by atoms with Crippen LogP contribution in [0.25, 0.3) is 10.8 Å². The summed E-state index contributed by atoms with van der Waals surface area (Å²) >= 11 is 0. The van der Waals surface area contributed by atoms with Gasteiger partial charge in [0.15, 0.2) is 5.78 Å². The van der Waals surface area contributed by atoms with E-state index in [4.69, 9.17) is 14.2 Å². The molecule has 11 nitrogen and oxygen atoms in total. The molecule has 2 aliphatic carbocycles. The minimum absolute atomic E-state index is 0.0289. The van der Waals surface area contributed by atoms with E-state index in [-0.39, 0.29) is 46.6 Å². The van der Waals surface area contributed by atoms with E-state index >= 15 is 0 Å². The van der Waals surface area contributed by atoms with Crippen molar-refractivity contribution in [1.29, 1.82) is 0 Å². The second-order valence-corrected chi connectivity index (χ2v) is 12.6. The Morgan fingerprint density at radius 3 is 2.62 bits per heavy atom. The van der Waals surface area contributed by atoms with Gasteiger partial charge < -0.3 is 44.6 Å². The van der Waals surface area contributed by atoms with Crippen LogP contribution in [-0.4, -0.2) is 93.1 Å². The summed E-state index contributed by atoms with van der Waals surface area (Å²) in [6.07, 6.45) is -3.13. The zero-order valence-corrected chi connectivity index (χ0v) is 24.9. The number of aromatic hydroxyl groups is 1. The van der Waals surface area contributed by atoms with Gasteiger partial charge in [0.25, 0.3) is 5.91 Å². The summed E-state index contributed by atoms with van der Waals surface area (Å²) in [6, 6.07) is 10.5. The van der Waals surface area contributed by atoms with Gasteiger partial charge in [-0.2, -0.15) is 0 Å². The Morgan fingerprint density at radius 2 is 1.87 bits per heavy atom. The number of hydrogen-bond acceptors (Lipinski definition) is 10. The molecule has 3 aromatic carbocycles. The standard InChI is InChI=1S/C34H37NO10/c1-43-18-11-22-21-10-9-16-6-4-8-19(16)26(21)28(23(37)14-35-13-17-5-2-3-7-20(17)33(35)42)30(39)27(22)24(12-18)44-34-32(41)31(40)29(38)25(15-36)45-34/h2-3,5,7,11-12,16,19,25,29,31-32,34,36,38-41H,4,6,8-10,13-15H2,1H3. The molecule has 0 spiro atoms. The molecule has 0 bridgehead atoms. The smallest absolute Gasteiger partial charge is 0.254 e. The summed E-state index contributed by atoms with van der Waals surface area (Å²) in [5, 5.41) is 54.0. The van der Waals surface area contributed by atoms with Gasteiger partial charge in [-0.05, 0) is 71.7 Å². The van der Waals surface area contributed by atoms with Crippen LogP contribution >= 0.6 is 0 Å². The van der Waals surface area contributed by atoms with Crippen molar-refractivity contribution >= 4 is 22.5 Å². The van der Waals surface area contributed by atoms with E-state index in [2.05, 4.69) is 0 Å². The van der Waals surface area contributed by atoms with Gasteiger partial charge in [-0.1, -0.05) is 24.6 Å². The molecule has 3 aromatic rings. The van der Waals surface area contributed by atoms with Gasteiger partial charge >= 0.3 is 0 Å². The Hall–Kier alpha value is -3.74. The van der Waals surface area contributed by atoms with Gasteiger partial charge in [0.1, 0.15) is 41.7 Å². The summed E-state index contributed by atoms with van der Waals surface area (Å²) < 4.78 is 17.3. The van der Waals surface area contributed by atoms with E-state index in [0.29, 0.717) is 35.6 Å². The zero-order valence-electron chi connectivity index (χ0n) is 24.9. The van der Waals surface area contributed by atoms with Gasteiger partial charge in [-0.25, -0.2) is 0 Å². The number of aliphatic hydroxyl groups is 4. The Balaban J connectivity index is 1.36. The third-order valence-electron chi connectivity index (χ3n) is 10.1. The Morgan fingerprint density at radius 1 is 1.07 bits per heavy atom. The number of methoxy groups -OCH3 is 1. The van der Waals surface area contributed by atoms with Crippen LogP contribution in [0.1, 0.15) is 69.0 Å². The highest BCUT2D eigenvalue weighted by molar-refractivity contribution is 6.12. The molecular weight excluding hydrogens is 582 g/mol. The third-order valence-corrected chi connectivity index (χ3v) is 10.1. The zero-order chi connectivity index (χ0) is 31.6. The van der Waals surface area contributed by atoms with Gasteiger partial charge in [0.05, 0.1) is 31.2 Å². The number of phenolic OH excluding ortho intramolecular Hbond substituents is 1. The summed E-state index contributed by atoms with van der Waals surface area (Å²) in [6.45, 7) is -0.551. The molecule has 2 fully saturated rings. The minimum Gasteiger partial charge on any atom is -0.506 e. The van der Waals surface area contributed by atoms with Gasteiger partial charge in [0.2, 0.25) is 6.29 Å². The lowest BCUT2D eigenvalue weighted by Crippen LogP contribution is -2.60. The maximum atomic E-state index is 14.3. The molecule has 11 heteroatoms. The van der Waals surface area contributed by atoms with Crippen molar-refractivity contribution in [3.63, 3.8) is 0 Å². The molecule has 7 atom stereocenters. The normalized spacial score (nSPS) is 29.0. The van der Waals surface area contributed by atoms with Crippen molar-refractivity contribution in [3.8, 4) is 17.2 Å². The molecule has 2 aliphatic heterocycles.